The van der Waals surface area contributed by atoms with E-state index in [1.54, 1.807) is 16.9 Å². The normalized spacial score (nSPS) is 10.8. The summed E-state index contributed by atoms with van der Waals surface area (Å²) in [4.78, 5) is 18.4. The summed E-state index contributed by atoms with van der Waals surface area (Å²) in [6.07, 6.45) is 0.964. The van der Waals surface area contributed by atoms with E-state index in [1.165, 1.54) is 5.56 Å². The molecule has 128 valence electrons. The van der Waals surface area contributed by atoms with Crippen LogP contribution in [0.4, 0.5) is 0 Å². The molecule has 0 amide bonds. The molecule has 0 aliphatic carbocycles. The average molecular weight is 341 g/mol. The van der Waals surface area contributed by atoms with Crippen molar-refractivity contribution in [2.45, 2.75) is 13.3 Å². The number of hydrogen-bond donors (Lipinski definition) is 0. The van der Waals surface area contributed by atoms with Gasteiger partial charge in [-0.1, -0.05) is 61.5 Å². The van der Waals surface area contributed by atoms with Crippen LogP contribution >= 0.6 is 0 Å². The Morgan fingerprint density at radius 1 is 0.885 bits per heavy atom. The van der Waals surface area contributed by atoms with Gasteiger partial charge in [-0.15, -0.1) is 0 Å². The Morgan fingerprint density at radius 2 is 1.58 bits per heavy atom. The van der Waals surface area contributed by atoms with Crippen LogP contribution in [0.3, 0.4) is 0 Å². The third-order valence-electron chi connectivity index (χ3n) is 4.48. The second-order valence-electron chi connectivity index (χ2n) is 6.18. The van der Waals surface area contributed by atoms with Gasteiger partial charge in [0, 0.05) is 10.9 Å². The minimum Gasteiger partial charge on any atom is -0.330 e. The molecular weight excluding hydrogens is 322 g/mol. The predicted octanol–water partition coefficient (Wildman–Crippen LogP) is 5.14. The molecule has 3 nitrogen and oxygen atoms in total. The highest BCUT2D eigenvalue weighted by molar-refractivity contribution is 5.92. The molecule has 0 saturated carbocycles. The molecule has 0 spiro atoms. The van der Waals surface area contributed by atoms with Gasteiger partial charge in [-0.2, -0.15) is 4.73 Å². The molecule has 0 unspecified atom stereocenters. The first-order valence-electron chi connectivity index (χ1n) is 8.74. The first-order chi connectivity index (χ1) is 12.8. The van der Waals surface area contributed by atoms with Crippen molar-refractivity contribution in [1.82, 2.24) is 4.73 Å². The topological polar surface area (TPSA) is 31.2 Å². The van der Waals surface area contributed by atoms with Crippen molar-refractivity contribution in [3.63, 3.8) is 0 Å². The van der Waals surface area contributed by atoms with E-state index in [0.717, 1.165) is 28.6 Å². The van der Waals surface area contributed by atoms with Gasteiger partial charge in [0.25, 0.3) is 0 Å². The second-order valence-corrected chi connectivity index (χ2v) is 6.18. The maximum absolute atomic E-state index is 12.6. The Labute approximate surface area is 152 Å². The predicted molar refractivity (Wildman–Crippen MR) is 104 cm³/mol. The summed E-state index contributed by atoms with van der Waals surface area (Å²) >= 11 is 0. The fourth-order valence-electron chi connectivity index (χ4n) is 3.08. The van der Waals surface area contributed by atoms with Crippen molar-refractivity contribution >= 4 is 16.9 Å². The summed E-state index contributed by atoms with van der Waals surface area (Å²) in [5.41, 5.74) is 4.52. The molecule has 0 N–H and O–H groups in total. The quantitative estimate of drug-likeness (QED) is 0.515. The van der Waals surface area contributed by atoms with Crippen LogP contribution in [0.5, 0.6) is 0 Å². The number of aryl methyl sites for hydroxylation is 1. The molecule has 4 aromatic rings. The summed E-state index contributed by atoms with van der Waals surface area (Å²) < 4.78 is 1.64. The lowest BCUT2D eigenvalue weighted by Crippen LogP contribution is -2.20. The molecular formula is C23H19NO2. The molecule has 0 fully saturated rings. The zero-order chi connectivity index (χ0) is 17.9. The fourth-order valence-corrected chi connectivity index (χ4v) is 3.08. The van der Waals surface area contributed by atoms with E-state index in [1.807, 2.05) is 54.6 Å². The highest BCUT2D eigenvalue weighted by Gasteiger charge is 2.16. The molecule has 1 aromatic heterocycles. The van der Waals surface area contributed by atoms with Gasteiger partial charge >= 0.3 is 5.97 Å². The summed E-state index contributed by atoms with van der Waals surface area (Å²) in [7, 11) is 0. The van der Waals surface area contributed by atoms with Crippen LogP contribution in [0.15, 0.2) is 84.9 Å². The van der Waals surface area contributed by atoms with E-state index in [4.69, 9.17) is 4.84 Å². The number of carbonyl (C=O) groups is 1. The van der Waals surface area contributed by atoms with E-state index in [-0.39, 0.29) is 5.97 Å². The van der Waals surface area contributed by atoms with E-state index < -0.39 is 0 Å². The van der Waals surface area contributed by atoms with Crippen molar-refractivity contribution in [1.29, 1.82) is 0 Å². The molecule has 26 heavy (non-hydrogen) atoms. The van der Waals surface area contributed by atoms with E-state index in [2.05, 4.69) is 25.1 Å². The van der Waals surface area contributed by atoms with Crippen LogP contribution in [-0.2, 0) is 6.42 Å². The van der Waals surface area contributed by atoms with Crippen LogP contribution in [-0.4, -0.2) is 10.7 Å². The number of benzene rings is 3. The van der Waals surface area contributed by atoms with Crippen LogP contribution in [0, 0.1) is 0 Å². The Kier molecular flexibility index (Phi) is 4.28. The third kappa shape index (κ3) is 3.00. The second kappa shape index (κ2) is 6.89. The minimum atomic E-state index is -0.375. The molecule has 1 heterocycles. The first kappa shape index (κ1) is 16.2. The molecule has 4 rings (SSSR count). The summed E-state index contributed by atoms with van der Waals surface area (Å²) in [6, 6.07) is 27.3. The third-order valence-corrected chi connectivity index (χ3v) is 4.48. The maximum atomic E-state index is 12.6. The van der Waals surface area contributed by atoms with Crippen LogP contribution in [0.25, 0.3) is 22.2 Å². The van der Waals surface area contributed by atoms with E-state index >= 15 is 0 Å². The molecule has 0 aliphatic rings. The fraction of sp³-hybridized carbons (Fsp3) is 0.0870. The van der Waals surface area contributed by atoms with Gasteiger partial charge < -0.3 is 4.84 Å². The minimum absolute atomic E-state index is 0.375. The van der Waals surface area contributed by atoms with Crippen LogP contribution < -0.4 is 4.84 Å². The van der Waals surface area contributed by atoms with Gasteiger partial charge in [0.05, 0.1) is 16.8 Å². The molecule has 3 heteroatoms. The van der Waals surface area contributed by atoms with Gasteiger partial charge in [0.2, 0.25) is 0 Å². The van der Waals surface area contributed by atoms with Crippen molar-refractivity contribution < 1.29 is 9.63 Å². The van der Waals surface area contributed by atoms with Crippen molar-refractivity contribution in [3.05, 3.63) is 96.1 Å². The van der Waals surface area contributed by atoms with Crippen LogP contribution in [0.2, 0.25) is 0 Å². The molecule has 0 aliphatic heterocycles. The molecule has 0 bridgehead atoms. The zero-order valence-corrected chi connectivity index (χ0v) is 14.6. The van der Waals surface area contributed by atoms with Crippen molar-refractivity contribution in [3.8, 4) is 11.3 Å². The number of carbonyl (C=O) groups excluding carboxylic acids is 1. The number of hydrogen-bond acceptors (Lipinski definition) is 2. The van der Waals surface area contributed by atoms with E-state index in [9.17, 15) is 4.79 Å². The number of rotatable bonds is 4. The van der Waals surface area contributed by atoms with Gasteiger partial charge in [-0.05, 0) is 42.3 Å². The van der Waals surface area contributed by atoms with Gasteiger partial charge in [-0.25, -0.2) is 4.79 Å². The first-order valence-corrected chi connectivity index (χ1v) is 8.74. The Morgan fingerprint density at radius 3 is 2.27 bits per heavy atom. The lowest BCUT2D eigenvalue weighted by atomic mass is 10.1. The van der Waals surface area contributed by atoms with Crippen molar-refractivity contribution in [2.24, 2.45) is 0 Å². The maximum Gasteiger partial charge on any atom is 0.363 e. The van der Waals surface area contributed by atoms with Gasteiger partial charge in [0.15, 0.2) is 0 Å². The largest absolute Gasteiger partial charge is 0.363 e. The summed E-state index contributed by atoms with van der Waals surface area (Å²) in [6.45, 7) is 2.13. The smallest absolute Gasteiger partial charge is 0.330 e. The summed E-state index contributed by atoms with van der Waals surface area (Å²) in [5, 5.41) is 1.06. The Hall–Kier alpha value is -3.33. The summed E-state index contributed by atoms with van der Waals surface area (Å²) in [5.74, 6) is -0.375. The zero-order valence-electron chi connectivity index (χ0n) is 14.6. The Bertz CT molecular complexity index is 1050. The van der Waals surface area contributed by atoms with E-state index in [0.29, 0.717) is 5.56 Å². The number of aromatic nitrogens is 1. The Balaban J connectivity index is 1.84. The van der Waals surface area contributed by atoms with Crippen LogP contribution in [0.1, 0.15) is 22.8 Å². The SMILES string of the molecule is CCc1ccc2c(c1)cc(-c1ccccc1)n2OC(=O)c1ccccc1. The molecule has 0 saturated heterocycles. The molecule has 0 radical (unpaired) electrons. The highest BCUT2D eigenvalue weighted by Crippen LogP contribution is 2.28. The highest BCUT2D eigenvalue weighted by atomic mass is 16.7. The number of fused-ring (bicyclic) bond motifs is 1. The van der Waals surface area contributed by atoms with Gasteiger partial charge in [-0.3, -0.25) is 0 Å². The van der Waals surface area contributed by atoms with Gasteiger partial charge in [0.1, 0.15) is 0 Å². The lowest BCUT2D eigenvalue weighted by molar-refractivity contribution is 0.0490. The van der Waals surface area contributed by atoms with Crippen molar-refractivity contribution in [2.75, 3.05) is 0 Å². The average Bonchev–Trinajstić information content (AvgIpc) is 3.06. The standard InChI is InChI=1S/C23H19NO2/c1-2-17-13-14-21-20(15-17)16-22(18-9-5-3-6-10-18)24(21)26-23(25)19-11-7-4-8-12-19/h3-16H,2H2,1H3. The lowest BCUT2D eigenvalue weighted by Gasteiger charge is -2.11. The number of nitrogens with zero attached hydrogens (tertiary/aromatic N) is 1. The molecule has 3 aromatic carbocycles. The monoisotopic (exact) mass is 341 g/mol. The molecule has 0 atom stereocenters.